The molecule has 1 fully saturated rings. The van der Waals surface area contributed by atoms with Crippen LogP contribution < -0.4 is 10.5 Å². The Bertz CT molecular complexity index is 479. The molecule has 1 aliphatic carbocycles. The Kier molecular flexibility index (Phi) is 4.43. The minimum Gasteiger partial charge on any atom is -0.496 e. The molecule has 0 saturated heterocycles. The van der Waals surface area contributed by atoms with Gasteiger partial charge in [-0.2, -0.15) is 0 Å². The monoisotopic (exact) mass is 275 g/mol. The van der Waals surface area contributed by atoms with Crippen LogP contribution in [0.15, 0.2) is 12.1 Å². The van der Waals surface area contributed by atoms with E-state index in [0.29, 0.717) is 11.3 Å². The van der Waals surface area contributed by atoms with Crippen molar-refractivity contribution in [2.75, 3.05) is 7.11 Å². The van der Waals surface area contributed by atoms with Gasteiger partial charge < -0.3 is 10.5 Å². The summed E-state index contributed by atoms with van der Waals surface area (Å²) in [5, 5.41) is 0. The Morgan fingerprint density at radius 3 is 2.55 bits per heavy atom. The fourth-order valence-corrected chi connectivity index (χ4v) is 3.92. The molecule has 2 heteroatoms. The minimum atomic E-state index is 0.0702. The predicted molar refractivity (Wildman–Crippen MR) is 85.1 cm³/mol. The number of methoxy groups -OCH3 is 1. The van der Waals surface area contributed by atoms with Gasteiger partial charge in [0.05, 0.1) is 7.11 Å². The van der Waals surface area contributed by atoms with Crippen LogP contribution in [-0.4, -0.2) is 7.11 Å². The van der Waals surface area contributed by atoms with Gasteiger partial charge in [0.1, 0.15) is 5.75 Å². The standard InChI is InChI=1S/C18H29NO/c1-12-10-13(2)16(15(11-12)20-5)17(19)14-8-6-7-9-18(14,3)4/h10-11,14,17H,6-9,19H2,1-5H3. The fourth-order valence-electron chi connectivity index (χ4n) is 3.92. The van der Waals surface area contributed by atoms with Crippen LogP contribution in [0.25, 0.3) is 0 Å². The summed E-state index contributed by atoms with van der Waals surface area (Å²) in [6, 6.07) is 4.40. The van der Waals surface area contributed by atoms with Crippen molar-refractivity contribution in [3.63, 3.8) is 0 Å². The molecule has 0 aliphatic heterocycles. The normalized spacial score (nSPS) is 23.4. The molecule has 0 radical (unpaired) electrons. The van der Waals surface area contributed by atoms with Gasteiger partial charge in [0.15, 0.2) is 0 Å². The topological polar surface area (TPSA) is 35.2 Å². The summed E-state index contributed by atoms with van der Waals surface area (Å²) in [5.74, 6) is 1.49. The van der Waals surface area contributed by atoms with Crippen LogP contribution in [0.5, 0.6) is 5.75 Å². The first-order valence-corrected chi connectivity index (χ1v) is 7.77. The lowest BCUT2D eigenvalue weighted by atomic mass is 9.64. The van der Waals surface area contributed by atoms with Crippen molar-refractivity contribution >= 4 is 0 Å². The molecular weight excluding hydrogens is 246 g/mol. The van der Waals surface area contributed by atoms with Crippen LogP contribution in [0.2, 0.25) is 0 Å². The number of hydrogen-bond acceptors (Lipinski definition) is 2. The van der Waals surface area contributed by atoms with Crippen molar-refractivity contribution in [2.45, 2.75) is 59.4 Å². The summed E-state index contributed by atoms with van der Waals surface area (Å²) in [4.78, 5) is 0. The summed E-state index contributed by atoms with van der Waals surface area (Å²) in [5.41, 5.74) is 10.7. The number of benzene rings is 1. The Labute approximate surface area is 123 Å². The summed E-state index contributed by atoms with van der Waals surface area (Å²) < 4.78 is 5.61. The third-order valence-electron chi connectivity index (χ3n) is 5.07. The lowest BCUT2D eigenvalue weighted by Gasteiger charge is -2.42. The molecule has 1 aromatic carbocycles. The van der Waals surface area contributed by atoms with Crippen molar-refractivity contribution < 1.29 is 4.74 Å². The van der Waals surface area contributed by atoms with E-state index in [1.807, 2.05) is 0 Å². The van der Waals surface area contributed by atoms with Gasteiger partial charge in [-0.3, -0.25) is 0 Å². The van der Waals surface area contributed by atoms with Crippen LogP contribution in [-0.2, 0) is 0 Å². The van der Waals surface area contributed by atoms with Crippen molar-refractivity contribution in [3.05, 3.63) is 28.8 Å². The summed E-state index contributed by atoms with van der Waals surface area (Å²) in [7, 11) is 1.75. The van der Waals surface area contributed by atoms with Crippen LogP contribution in [0.4, 0.5) is 0 Å². The minimum absolute atomic E-state index is 0.0702. The third kappa shape index (κ3) is 2.85. The average Bonchev–Trinajstić information content (AvgIpc) is 2.36. The first-order chi connectivity index (χ1) is 9.36. The van der Waals surface area contributed by atoms with E-state index in [1.165, 1.54) is 42.4 Å². The Morgan fingerprint density at radius 1 is 1.25 bits per heavy atom. The summed E-state index contributed by atoms with van der Waals surface area (Å²) in [6.45, 7) is 9.00. The smallest absolute Gasteiger partial charge is 0.124 e. The van der Waals surface area contributed by atoms with Crippen LogP contribution in [0.3, 0.4) is 0 Å². The zero-order chi connectivity index (χ0) is 14.9. The maximum absolute atomic E-state index is 6.69. The van der Waals surface area contributed by atoms with E-state index < -0.39 is 0 Å². The van der Waals surface area contributed by atoms with Gasteiger partial charge in [-0.25, -0.2) is 0 Å². The van der Waals surface area contributed by atoms with Crippen molar-refractivity contribution in [1.82, 2.24) is 0 Å². The second kappa shape index (κ2) is 5.77. The highest BCUT2D eigenvalue weighted by atomic mass is 16.5. The molecule has 2 rings (SSSR count). The molecular formula is C18H29NO. The number of aryl methyl sites for hydroxylation is 2. The molecule has 2 atom stereocenters. The first-order valence-electron chi connectivity index (χ1n) is 7.77. The van der Waals surface area contributed by atoms with Crippen LogP contribution >= 0.6 is 0 Å². The SMILES string of the molecule is COc1cc(C)cc(C)c1C(N)C1CCCCC1(C)C. The van der Waals surface area contributed by atoms with Gasteiger partial charge in [-0.15, -0.1) is 0 Å². The van der Waals surface area contributed by atoms with Crippen LogP contribution in [0, 0.1) is 25.2 Å². The predicted octanol–water partition coefficient (Wildman–Crippen LogP) is 4.53. The number of hydrogen-bond donors (Lipinski definition) is 1. The molecule has 2 unspecified atom stereocenters. The molecule has 1 aromatic rings. The first kappa shape index (κ1) is 15.4. The van der Waals surface area contributed by atoms with Gasteiger partial charge in [0, 0.05) is 11.6 Å². The molecule has 2 N–H and O–H groups in total. The van der Waals surface area contributed by atoms with E-state index in [1.54, 1.807) is 7.11 Å². The number of ether oxygens (including phenoxy) is 1. The van der Waals surface area contributed by atoms with Gasteiger partial charge in [-0.1, -0.05) is 32.8 Å². The van der Waals surface area contributed by atoms with Crippen molar-refractivity contribution in [1.29, 1.82) is 0 Å². The second-order valence-electron chi connectivity index (χ2n) is 7.06. The van der Waals surface area contributed by atoms with Crippen LogP contribution in [0.1, 0.15) is 62.3 Å². The number of rotatable bonds is 3. The zero-order valence-corrected chi connectivity index (χ0v) is 13.6. The molecule has 0 amide bonds. The quantitative estimate of drug-likeness (QED) is 0.879. The Hall–Kier alpha value is -1.02. The lowest BCUT2D eigenvalue weighted by Crippen LogP contribution is -2.36. The molecule has 0 spiro atoms. The molecule has 112 valence electrons. The van der Waals surface area contributed by atoms with Gasteiger partial charge in [0.2, 0.25) is 0 Å². The highest BCUT2D eigenvalue weighted by Crippen LogP contribution is 2.47. The maximum Gasteiger partial charge on any atom is 0.124 e. The largest absolute Gasteiger partial charge is 0.496 e. The molecule has 0 aromatic heterocycles. The Morgan fingerprint density at radius 2 is 1.95 bits per heavy atom. The van der Waals surface area contributed by atoms with Gasteiger partial charge in [-0.05, 0) is 55.2 Å². The second-order valence-corrected chi connectivity index (χ2v) is 7.06. The zero-order valence-electron chi connectivity index (χ0n) is 13.6. The fraction of sp³-hybridized carbons (Fsp3) is 0.667. The van der Waals surface area contributed by atoms with E-state index >= 15 is 0 Å². The Balaban J connectivity index is 2.40. The summed E-state index contributed by atoms with van der Waals surface area (Å²) >= 11 is 0. The van der Waals surface area contributed by atoms with E-state index in [4.69, 9.17) is 10.5 Å². The van der Waals surface area contributed by atoms with E-state index in [9.17, 15) is 0 Å². The molecule has 20 heavy (non-hydrogen) atoms. The molecule has 1 saturated carbocycles. The average molecular weight is 275 g/mol. The third-order valence-corrected chi connectivity index (χ3v) is 5.07. The van der Waals surface area contributed by atoms with E-state index in [0.717, 1.165) is 5.75 Å². The van der Waals surface area contributed by atoms with Crippen molar-refractivity contribution in [2.24, 2.45) is 17.1 Å². The molecule has 2 nitrogen and oxygen atoms in total. The van der Waals surface area contributed by atoms with Gasteiger partial charge in [0.25, 0.3) is 0 Å². The molecule has 1 aliphatic rings. The number of nitrogens with two attached hydrogens (primary N) is 1. The highest BCUT2D eigenvalue weighted by Gasteiger charge is 2.37. The molecule has 0 heterocycles. The lowest BCUT2D eigenvalue weighted by molar-refractivity contribution is 0.111. The van der Waals surface area contributed by atoms with Crippen molar-refractivity contribution in [3.8, 4) is 5.75 Å². The highest BCUT2D eigenvalue weighted by molar-refractivity contribution is 5.45. The summed E-state index contributed by atoms with van der Waals surface area (Å²) in [6.07, 6.45) is 5.14. The van der Waals surface area contributed by atoms with E-state index in [-0.39, 0.29) is 6.04 Å². The van der Waals surface area contributed by atoms with E-state index in [2.05, 4.69) is 39.8 Å². The maximum atomic E-state index is 6.69. The molecule has 0 bridgehead atoms. The van der Waals surface area contributed by atoms with Gasteiger partial charge >= 0.3 is 0 Å².